The number of furan rings is 1. The highest BCUT2D eigenvalue weighted by atomic mass is 19.4. The van der Waals surface area contributed by atoms with Crippen LogP contribution >= 0.6 is 0 Å². The lowest BCUT2D eigenvalue weighted by molar-refractivity contribution is -0.137. The maximum atomic E-state index is 12.6. The molecular formula is C10H7F3O. The average Bonchev–Trinajstić information content (AvgIpc) is 2.38. The summed E-state index contributed by atoms with van der Waals surface area (Å²) in [4.78, 5) is 0. The van der Waals surface area contributed by atoms with E-state index in [9.17, 15) is 13.2 Å². The van der Waals surface area contributed by atoms with Crippen molar-refractivity contribution in [2.24, 2.45) is 0 Å². The van der Waals surface area contributed by atoms with Crippen LogP contribution in [0.15, 0.2) is 28.7 Å². The van der Waals surface area contributed by atoms with Crippen molar-refractivity contribution in [3.63, 3.8) is 0 Å². The number of alkyl halides is 3. The first-order valence-corrected chi connectivity index (χ1v) is 4.05. The number of hydrogen-bond acceptors (Lipinski definition) is 1. The van der Waals surface area contributed by atoms with Crippen molar-refractivity contribution < 1.29 is 17.6 Å². The maximum absolute atomic E-state index is 12.6. The van der Waals surface area contributed by atoms with E-state index < -0.39 is 11.7 Å². The molecule has 2 rings (SSSR count). The molecule has 0 aliphatic carbocycles. The molecule has 0 saturated carbocycles. The Morgan fingerprint density at radius 2 is 1.79 bits per heavy atom. The van der Waals surface area contributed by atoms with Crippen molar-refractivity contribution in [1.29, 1.82) is 0 Å². The van der Waals surface area contributed by atoms with E-state index in [-0.39, 0.29) is 16.7 Å². The fourth-order valence-corrected chi connectivity index (χ4v) is 1.52. The molecule has 74 valence electrons. The Balaban J connectivity index is 2.81. The van der Waals surface area contributed by atoms with E-state index in [0.29, 0.717) is 0 Å². The van der Waals surface area contributed by atoms with E-state index in [1.54, 1.807) is 12.1 Å². The third-order valence-corrected chi connectivity index (χ3v) is 2.05. The quantitative estimate of drug-likeness (QED) is 0.631. The monoisotopic (exact) mass is 200 g/mol. The molecule has 1 nitrogen and oxygen atoms in total. The van der Waals surface area contributed by atoms with Crippen LogP contribution in [0.4, 0.5) is 13.2 Å². The normalized spacial score (nSPS) is 12.3. The predicted molar refractivity (Wildman–Crippen MR) is 46.0 cm³/mol. The van der Waals surface area contributed by atoms with Crippen molar-refractivity contribution in [3.8, 4) is 0 Å². The van der Waals surface area contributed by atoms with Gasteiger partial charge >= 0.3 is 6.18 Å². The summed E-state index contributed by atoms with van der Waals surface area (Å²) in [5.74, 6) is -0.0845. The minimum Gasteiger partial charge on any atom is -0.461 e. The summed E-state index contributed by atoms with van der Waals surface area (Å²) in [5.41, 5.74) is -0.398. The summed E-state index contributed by atoms with van der Waals surface area (Å²) in [5, 5.41) is 0.123. The van der Waals surface area contributed by atoms with E-state index >= 15 is 0 Å². The largest absolute Gasteiger partial charge is 0.461 e. The molecule has 0 radical (unpaired) electrons. The van der Waals surface area contributed by atoms with E-state index in [1.165, 1.54) is 19.1 Å². The zero-order valence-corrected chi connectivity index (χ0v) is 7.35. The Hall–Kier alpha value is -1.45. The molecule has 1 aromatic heterocycles. The van der Waals surface area contributed by atoms with Crippen LogP contribution < -0.4 is 0 Å². The average molecular weight is 200 g/mol. The lowest BCUT2D eigenvalue weighted by atomic mass is 10.1. The molecular weight excluding hydrogens is 193 g/mol. The maximum Gasteiger partial charge on any atom is 0.420 e. The lowest BCUT2D eigenvalue weighted by Crippen LogP contribution is -2.05. The van der Waals surface area contributed by atoms with Gasteiger partial charge in [0.2, 0.25) is 0 Å². The molecule has 0 spiro atoms. The molecule has 0 unspecified atom stereocenters. The van der Waals surface area contributed by atoms with Gasteiger partial charge in [-0.3, -0.25) is 0 Å². The summed E-state index contributed by atoms with van der Waals surface area (Å²) in [6.45, 7) is 1.32. The van der Waals surface area contributed by atoms with Gasteiger partial charge in [0.15, 0.2) is 0 Å². The van der Waals surface area contributed by atoms with Crippen molar-refractivity contribution in [2.75, 3.05) is 0 Å². The highest BCUT2D eigenvalue weighted by Crippen LogP contribution is 2.38. The van der Waals surface area contributed by atoms with E-state index in [2.05, 4.69) is 0 Å². The number of fused-ring (bicyclic) bond motifs is 1. The fraction of sp³-hybridized carbons (Fsp3) is 0.200. The van der Waals surface area contributed by atoms with E-state index in [0.717, 1.165) is 0 Å². The van der Waals surface area contributed by atoms with Gasteiger partial charge in [0, 0.05) is 5.39 Å². The highest BCUT2D eigenvalue weighted by molar-refractivity contribution is 5.82. The lowest BCUT2D eigenvalue weighted by Gasteiger charge is -2.04. The first kappa shape index (κ1) is 9.12. The molecule has 0 aliphatic rings. The van der Waals surface area contributed by atoms with Crippen LogP contribution in [0.25, 0.3) is 11.0 Å². The standard InChI is InChI=1S/C10H7F3O/c1-6-9(10(11,12)13)7-4-2-3-5-8(7)14-6/h2-5H,1H3. The minimum atomic E-state index is -4.35. The van der Waals surface area contributed by atoms with Crippen LogP contribution in [0.1, 0.15) is 11.3 Å². The number of hydrogen-bond donors (Lipinski definition) is 0. The summed E-state index contributed by atoms with van der Waals surface area (Å²) in [6, 6.07) is 6.14. The van der Waals surface area contributed by atoms with E-state index in [1.807, 2.05) is 0 Å². The van der Waals surface area contributed by atoms with Crippen LogP contribution in [-0.2, 0) is 6.18 Å². The van der Waals surface area contributed by atoms with Crippen LogP contribution in [0.5, 0.6) is 0 Å². The van der Waals surface area contributed by atoms with Gasteiger partial charge in [-0.15, -0.1) is 0 Å². The van der Waals surface area contributed by atoms with Crippen molar-refractivity contribution in [2.45, 2.75) is 13.1 Å². The van der Waals surface area contributed by atoms with Crippen molar-refractivity contribution in [3.05, 3.63) is 35.6 Å². The molecule has 0 N–H and O–H groups in total. The highest BCUT2D eigenvalue weighted by Gasteiger charge is 2.36. The van der Waals surface area contributed by atoms with Crippen LogP contribution in [0.3, 0.4) is 0 Å². The molecule has 1 aromatic carbocycles. The Morgan fingerprint density at radius 1 is 1.14 bits per heavy atom. The fourth-order valence-electron chi connectivity index (χ4n) is 1.52. The molecule has 2 aromatic rings. The number of para-hydroxylation sites is 1. The third-order valence-electron chi connectivity index (χ3n) is 2.05. The molecule has 1 heterocycles. The molecule has 4 heteroatoms. The topological polar surface area (TPSA) is 13.1 Å². The summed E-state index contributed by atoms with van der Waals surface area (Å²) in [7, 11) is 0. The van der Waals surface area contributed by atoms with Crippen LogP contribution in [0, 0.1) is 6.92 Å². The smallest absolute Gasteiger partial charge is 0.420 e. The van der Waals surface area contributed by atoms with Gasteiger partial charge in [0.05, 0.1) is 0 Å². The van der Waals surface area contributed by atoms with Crippen molar-refractivity contribution >= 4 is 11.0 Å². The first-order valence-electron chi connectivity index (χ1n) is 4.05. The van der Waals surface area contributed by atoms with Crippen LogP contribution in [-0.4, -0.2) is 0 Å². The Morgan fingerprint density at radius 3 is 2.43 bits per heavy atom. The molecule has 0 saturated heterocycles. The van der Waals surface area contributed by atoms with Crippen molar-refractivity contribution in [1.82, 2.24) is 0 Å². The second-order valence-corrected chi connectivity index (χ2v) is 3.03. The number of benzene rings is 1. The molecule has 0 amide bonds. The number of rotatable bonds is 0. The Kier molecular flexibility index (Phi) is 1.80. The molecule has 0 atom stereocenters. The number of aryl methyl sites for hydroxylation is 1. The van der Waals surface area contributed by atoms with Gasteiger partial charge in [-0.25, -0.2) is 0 Å². The minimum absolute atomic E-state index is 0.0845. The molecule has 0 fully saturated rings. The Labute approximate surface area is 78.1 Å². The predicted octanol–water partition coefficient (Wildman–Crippen LogP) is 3.76. The molecule has 0 bridgehead atoms. The summed E-state index contributed by atoms with van der Waals surface area (Å²) >= 11 is 0. The SMILES string of the molecule is Cc1oc2ccccc2c1C(F)(F)F. The van der Waals surface area contributed by atoms with Gasteiger partial charge in [-0.2, -0.15) is 13.2 Å². The third kappa shape index (κ3) is 1.27. The van der Waals surface area contributed by atoms with Gasteiger partial charge in [-0.1, -0.05) is 18.2 Å². The van der Waals surface area contributed by atoms with Gasteiger partial charge in [0.1, 0.15) is 16.9 Å². The van der Waals surface area contributed by atoms with Gasteiger partial charge in [-0.05, 0) is 13.0 Å². The Bertz CT molecular complexity index is 468. The zero-order valence-electron chi connectivity index (χ0n) is 7.35. The molecule has 14 heavy (non-hydrogen) atoms. The summed E-state index contributed by atoms with van der Waals surface area (Å²) in [6.07, 6.45) is -4.35. The van der Waals surface area contributed by atoms with Crippen LogP contribution in [0.2, 0.25) is 0 Å². The first-order chi connectivity index (χ1) is 6.50. The second kappa shape index (κ2) is 2.77. The molecule has 0 aliphatic heterocycles. The van der Waals surface area contributed by atoms with E-state index in [4.69, 9.17) is 4.42 Å². The zero-order chi connectivity index (χ0) is 10.3. The van der Waals surface area contributed by atoms with Gasteiger partial charge < -0.3 is 4.42 Å². The summed E-state index contributed by atoms with van der Waals surface area (Å²) < 4.78 is 42.7. The second-order valence-electron chi connectivity index (χ2n) is 3.03. The van der Waals surface area contributed by atoms with Gasteiger partial charge in [0.25, 0.3) is 0 Å². The number of halogens is 3.